The third kappa shape index (κ3) is 12.2. The van der Waals surface area contributed by atoms with E-state index in [0.29, 0.717) is 12.4 Å². The van der Waals surface area contributed by atoms with Crippen molar-refractivity contribution >= 4 is 21.4 Å². The predicted octanol–water partition coefficient (Wildman–Crippen LogP) is 1.03. The van der Waals surface area contributed by atoms with E-state index in [4.69, 9.17) is 11.6 Å². The van der Waals surface area contributed by atoms with Crippen LogP contribution in [0.5, 0.6) is 0 Å². The number of unbranched alkanes of at least 4 members (excludes halogenated alkanes) is 2. The van der Waals surface area contributed by atoms with Crippen LogP contribution in [0.1, 0.15) is 19.3 Å². The highest BCUT2D eigenvalue weighted by Crippen LogP contribution is 1.95. The molecule has 0 radical (unpaired) electrons. The first-order valence-electron chi connectivity index (χ1n) is 4.50. The molecule has 0 heterocycles. The van der Waals surface area contributed by atoms with E-state index in [1.807, 2.05) is 0 Å². The molecular weight excluding hydrogens is 210 g/mol. The normalized spacial score (nSPS) is 11.8. The van der Waals surface area contributed by atoms with E-state index in [0.717, 1.165) is 25.8 Å². The van der Waals surface area contributed by atoms with Crippen molar-refractivity contribution in [1.82, 2.24) is 5.32 Å². The van der Waals surface area contributed by atoms with Crippen molar-refractivity contribution in [3.63, 3.8) is 0 Å². The van der Waals surface area contributed by atoms with E-state index >= 15 is 0 Å². The number of hydrogen-bond acceptors (Lipinski definition) is 3. The Kier molecular flexibility index (Phi) is 7.71. The number of sulfone groups is 1. The highest BCUT2D eigenvalue weighted by molar-refractivity contribution is 7.90. The first-order valence-corrected chi connectivity index (χ1v) is 7.10. The highest BCUT2D eigenvalue weighted by atomic mass is 35.5. The number of alkyl halides is 1. The van der Waals surface area contributed by atoms with Gasteiger partial charge in [-0.3, -0.25) is 0 Å². The molecule has 0 amide bonds. The molecule has 0 rings (SSSR count). The molecule has 0 saturated carbocycles. The van der Waals surface area contributed by atoms with Gasteiger partial charge in [0.1, 0.15) is 9.84 Å². The zero-order valence-electron chi connectivity index (χ0n) is 8.05. The van der Waals surface area contributed by atoms with Crippen molar-refractivity contribution in [2.75, 3.05) is 31.0 Å². The van der Waals surface area contributed by atoms with Crippen LogP contribution in [0.4, 0.5) is 0 Å². The van der Waals surface area contributed by atoms with Crippen LogP contribution in [0.3, 0.4) is 0 Å². The molecule has 80 valence electrons. The maximum absolute atomic E-state index is 10.7. The van der Waals surface area contributed by atoms with Crippen molar-refractivity contribution in [3.05, 3.63) is 0 Å². The molecule has 0 aliphatic heterocycles. The Morgan fingerprint density at radius 1 is 1.15 bits per heavy atom. The van der Waals surface area contributed by atoms with Gasteiger partial charge in [-0.25, -0.2) is 8.42 Å². The summed E-state index contributed by atoms with van der Waals surface area (Å²) in [6.45, 7) is 1.44. The second-order valence-corrected chi connectivity index (χ2v) is 5.77. The van der Waals surface area contributed by atoms with Crippen LogP contribution in [0.2, 0.25) is 0 Å². The molecule has 0 unspecified atom stereocenters. The van der Waals surface area contributed by atoms with Gasteiger partial charge in [-0.15, -0.1) is 11.6 Å². The van der Waals surface area contributed by atoms with Gasteiger partial charge >= 0.3 is 0 Å². The van der Waals surface area contributed by atoms with Crippen molar-refractivity contribution in [3.8, 4) is 0 Å². The first-order chi connectivity index (χ1) is 6.06. The van der Waals surface area contributed by atoms with Crippen molar-refractivity contribution in [2.24, 2.45) is 0 Å². The van der Waals surface area contributed by atoms with Gasteiger partial charge in [0, 0.05) is 18.7 Å². The van der Waals surface area contributed by atoms with E-state index in [9.17, 15) is 8.42 Å². The summed E-state index contributed by atoms with van der Waals surface area (Å²) in [5.41, 5.74) is 0. The lowest BCUT2D eigenvalue weighted by molar-refractivity contribution is 0.591. The molecule has 0 saturated heterocycles. The fourth-order valence-corrected chi connectivity index (χ4v) is 1.61. The van der Waals surface area contributed by atoms with Gasteiger partial charge in [0.15, 0.2) is 0 Å². The number of halogens is 1. The summed E-state index contributed by atoms with van der Waals surface area (Å²) in [5, 5.41) is 3.08. The minimum atomic E-state index is -2.81. The Hall–Kier alpha value is 0.200. The fraction of sp³-hybridized carbons (Fsp3) is 1.00. The molecule has 0 aromatic heterocycles. The number of hydrogen-bond donors (Lipinski definition) is 1. The van der Waals surface area contributed by atoms with Crippen LogP contribution in [0.15, 0.2) is 0 Å². The average Bonchev–Trinajstić information content (AvgIpc) is 2.01. The van der Waals surface area contributed by atoms with Crippen LogP contribution in [0.25, 0.3) is 0 Å². The lowest BCUT2D eigenvalue weighted by atomic mass is 10.2. The SMILES string of the molecule is CS(=O)(=O)CCNCCCCCCl. The molecule has 0 atom stereocenters. The third-order valence-electron chi connectivity index (χ3n) is 1.64. The van der Waals surface area contributed by atoms with E-state index in [1.165, 1.54) is 6.26 Å². The highest BCUT2D eigenvalue weighted by Gasteiger charge is 1.99. The predicted molar refractivity (Wildman–Crippen MR) is 57.2 cm³/mol. The smallest absolute Gasteiger partial charge is 0.148 e. The molecule has 5 heteroatoms. The maximum atomic E-state index is 10.7. The van der Waals surface area contributed by atoms with Crippen molar-refractivity contribution in [1.29, 1.82) is 0 Å². The van der Waals surface area contributed by atoms with Gasteiger partial charge in [0.05, 0.1) is 5.75 Å². The van der Waals surface area contributed by atoms with Gasteiger partial charge in [-0.05, 0) is 19.4 Å². The van der Waals surface area contributed by atoms with Crippen molar-refractivity contribution in [2.45, 2.75) is 19.3 Å². The molecule has 1 N–H and O–H groups in total. The molecule has 0 fully saturated rings. The minimum Gasteiger partial charge on any atom is -0.316 e. The van der Waals surface area contributed by atoms with Gasteiger partial charge in [-0.2, -0.15) is 0 Å². The number of nitrogens with one attached hydrogen (secondary N) is 1. The minimum absolute atomic E-state index is 0.225. The van der Waals surface area contributed by atoms with Crippen LogP contribution < -0.4 is 5.32 Å². The second kappa shape index (κ2) is 7.59. The van der Waals surface area contributed by atoms with Crippen LogP contribution >= 0.6 is 11.6 Å². The van der Waals surface area contributed by atoms with E-state index in [1.54, 1.807) is 0 Å². The molecule has 0 aromatic rings. The van der Waals surface area contributed by atoms with Crippen molar-refractivity contribution < 1.29 is 8.42 Å². The largest absolute Gasteiger partial charge is 0.316 e. The molecule has 13 heavy (non-hydrogen) atoms. The molecule has 0 aliphatic carbocycles. The molecule has 0 aromatic carbocycles. The fourth-order valence-electron chi connectivity index (χ4n) is 0.904. The third-order valence-corrected chi connectivity index (χ3v) is 2.85. The Labute approximate surface area is 85.8 Å². The summed E-state index contributed by atoms with van der Waals surface area (Å²) in [6, 6.07) is 0. The Morgan fingerprint density at radius 2 is 1.85 bits per heavy atom. The summed E-state index contributed by atoms with van der Waals surface area (Å²) in [4.78, 5) is 0. The summed E-state index contributed by atoms with van der Waals surface area (Å²) in [5.74, 6) is 0.936. The summed E-state index contributed by atoms with van der Waals surface area (Å²) in [7, 11) is -2.81. The van der Waals surface area contributed by atoms with E-state index in [-0.39, 0.29) is 5.75 Å². The quantitative estimate of drug-likeness (QED) is 0.498. The van der Waals surface area contributed by atoms with Gasteiger partial charge in [-0.1, -0.05) is 6.42 Å². The van der Waals surface area contributed by atoms with Gasteiger partial charge < -0.3 is 5.32 Å². The summed E-state index contributed by atoms with van der Waals surface area (Å²) in [6.07, 6.45) is 4.46. The van der Waals surface area contributed by atoms with Crippen LogP contribution in [-0.2, 0) is 9.84 Å². The van der Waals surface area contributed by atoms with Gasteiger partial charge in [0.25, 0.3) is 0 Å². The summed E-state index contributed by atoms with van der Waals surface area (Å²) < 4.78 is 21.4. The second-order valence-electron chi connectivity index (χ2n) is 3.13. The van der Waals surface area contributed by atoms with E-state index < -0.39 is 9.84 Å². The number of rotatable bonds is 8. The topological polar surface area (TPSA) is 46.2 Å². The summed E-state index contributed by atoms with van der Waals surface area (Å²) >= 11 is 5.50. The Morgan fingerprint density at radius 3 is 2.38 bits per heavy atom. The monoisotopic (exact) mass is 227 g/mol. The van der Waals surface area contributed by atoms with Crippen LogP contribution in [-0.4, -0.2) is 39.4 Å². The Bertz CT molecular complexity index is 204. The molecule has 0 spiro atoms. The Balaban J connectivity index is 3.09. The molecule has 0 aliphatic rings. The lowest BCUT2D eigenvalue weighted by Gasteiger charge is -2.02. The first kappa shape index (κ1) is 13.2. The van der Waals surface area contributed by atoms with Crippen LogP contribution in [0, 0.1) is 0 Å². The average molecular weight is 228 g/mol. The maximum Gasteiger partial charge on any atom is 0.148 e. The van der Waals surface area contributed by atoms with Gasteiger partial charge in [0.2, 0.25) is 0 Å². The molecule has 3 nitrogen and oxygen atoms in total. The molecular formula is C8H18ClNO2S. The zero-order valence-corrected chi connectivity index (χ0v) is 9.62. The lowest BCUT2D eigenvalue weighted by Crippen LogP contribution is -2.23. The zero-order chi connectivity index (χ0) is 10.2. The standard InChI is InChI=1S/C8H18ClNO2S/c1-13(11,12)8-7-10-6-4-2-3-5-9/h10H,2-8H2,1H3. The van der Waals surface area contributed by atoms with E-state index in [2.05, 4.69) is 5.32 Å². The molecule has 0 bridgehead atoms.